The van der Waals surface area contributed by atoms with E-state index in [0.29, 0.717) is 11.3 Å². The maximum absolute atomic E-state index is 12.7. The Balaban J connectivity index is 0.00000176. The van der Waals surface area contributed by atoms with Crippen molar-refractivity contribution in [3.8, 4) is 0 Å². The van der Waals surface area contributed by atoms with Gasteiger partial charge in [0.1, 0.15) is 0 Å². The van der Waals surface area contributed by atoms with Gasteiger partial charge in [0.2, 0.25) is 0 Å². The number of likely N-dealkylation sites (tertiary alicyclic amines) is 1. The van der Waals surface area contributed by atoms with Crippen LogP contribution in [0.3, 0.4) is 0 Å². The number of amides is 1. The molecule has 22 heavy (non-hydrogen) atoms. The third kappa shape index (κ3) is 3.47. The number of hydrogen-bond acceptors (Lipinski definition) is 2. The Kier molecular flexibility index (Phi) is 5.51. The van der Waals surface area contributed by atoms with Crippen molar-refractivity contribution in [1.82, 2.24) is 10.2 Å². The number of benzene rings is 1. The molecule has 3 nitrogen and oxygen atoms in total. The van der Waals surface area contributed by atoms with Gasteiger partial charge < -0.3 is 10.2 Å². The summed E-state index contributed by atoms with van der Waals surface area (Å²) in [5.74, 6) is 0.722. The molecule has 1 aromatic rings. The zero-order valence-corrected chi connectivity index (χ0v) is 14.4. The minimum Gasteiger partial charge on any atom is -0.338 e. The Hall–Kier alpha value is -1.06. The summed E-state index contributed by atoms with van der Waals surface area (Å²) in [5, 5.41) is 3.42. The molecule has 2 heterocycles. The topological polar surface area (TPSA) is 32.3 Å². The maximum atomic E-state index is 12.7. The van der Waals surface area contributed by atoms with Crippen LogP contribution in [0.2, 0.25) is 0 Å². The van der Waals surface area contributed by atoms with Crippen LogP contribution in [0.5, 0.6) is 0 Å². The summed E-state index contributed by atoms with van der Waals surface area (Å²) in [5.41, 5.74) is 2.52. The third-order valence-electron chi connectivity index (χ3n) is 5.21. The van der Waals surface area contributed by atoms with E-state index >= 15 is 0 Å². The molecule has 0 radical (unpaired) electrons. The first-order valence-electron chi connectivity index (χ1n) is 8.20. The normalized spacial score (nSPS) is 20.2. The first-order chi connectivity index (χ1) is 10.1. The van der Waals surface area contributed by atoms with Gasteiger partial charge in [0.15, 0.2) is 0 Å². The molecule has 2 saturated heterocycles. The largest absolute Gasteiger partial charge is 0.338 e. The zero-order chi connectivity index (χ0) is 14.9. The Labute approximate surface area is 139 Å². The van der Waals surface area contributed by atoms with Crippen LogP contribution in [0.4, 0.5) is 0 Å². The van der Waals surface area contributed by atoms with Gasteiger partial charge in [0.05, 0.1) is 0 Å². The van der Waals surface area contributed by atoms with Crippen molar-refractivity contribution in [3.05, 3.63) is 35.4 Å². The van der Waals surface area contributed by atoms with E-state index in [9.17, 15) is 4.79 Å². The fourth-order valence-corrected chi connectivity index (χ4v) is 3.67. The summed E-state index contributed by atoms with van der Waals surface area (Å²) >= 11 is 0. The molecule has 122 valence electrons. The average Bonchev–Trinajstić information content (AvgIpc) is 2.91. The van der Waals surface area contributed by atoms with E-state index in [0.717, 1.165) is 31.7 Å². The molecule has 4 heteroatoms. The molecule has 0 aromatic heterocycles. The van der Waals surface area contributed by atoms with Crippen LogP contribution in [-0.4, -0.2) is 37.0 Å². The number of halogens is 1. The summed E-state index contributed by atoms with van der Waals surface area (Å²) < 4.78 is 0. The SMILES string of the molecule is CC(C)c1ccc(C(=O)N2CCC3(CCNCC3)C2)cc1.Cl. The quantitative estimate of drug-likeness (QED) is 0.904. The van der Waals surface area contributed by atoms with Crippen LogP contribution in [-0.2, 0) is 0 Å². The highest BCUT2D eigenvalue weighted by atomic mass is 35.5. The minimum atomic E-state index is 0. The van der Waals surface area contributed by atoms with Crippen LogP contribution in [0.25, 0.3) is 0 Å². The van der Waals surface area contributed by atoms with Crippen molar-refractivity contribution in [2.24, 2.45) is 5.41 Å². The van der Waals surface area contributed by atoms with Gasteiger partial charge in [0, 0.05) is 18.7 Å². The van der Waals surface area contributed by atoms with E-state index in [4.69, 9.17) is 0 Å². The fourth-order valence-electron chi connectivity index (χ4n) is 3.67. The van der Waals surface area contributed by atoms with Gasteiger partial charge in [-0.25, -0.2) is 0 Å². The summed E-state index contributed by atoms with van der Waals surface area (Å²) in [6, 6.07) is 8.17. The van der Waals surface area contributed by atoms with Crippen molar-refractivity contribution >= 4 is 18.3 Å². The second-order valence-electron chi connectivity index (χ2n) is 7.00. The molecule has 1 aromatic carbocycles. The molecule has 0 bridgehead atoms. The number of carbonyl (C=O) groups excluding carboxylic acids is 1. The number of rotatable bonds is 2. The molecule has 2 aliphatic rings. The summed E-state index contributed by atoms with van der Waals surface area (Å²) in [6.45, 7) is 8.43. The highest BCUT2D eigenvalue weighted by molar-refractivity contribution is 5.94. The monoisotopic (exact) mass is 322 g/mol. The standard InChI is InChI=1S/C18H26N2O.ClH/c1-14(2)15-3-5-16(6-4-15)17(21)20-12-9-18(13-20)7-10-19-11-8-18;/h3-6,14,19H,7-13H2,1-2H3;1H. The molecule has 0 unspecified atom stereocenters. The molecule has 3 rings (SSSR count). The number of nitrogens with zero attached hydrogens (tertiary/aromatic N) is 1. The lowest BCUT2D eigenvalue weighted by molar-refractivity contribution is 0.0762. The van der Waals surface area contributed by atoms with Crippen molar-refractivity contribution in [3.63, 3.8) is 0 Å². The highest BCUT2D eigenvalue weighted by Crippen LogP contribution is 2.39. The van der Waals surface area contributed by atoms with E-state index in [-0.39, 0.29) is 18.3 Å². The molecule has 0 atom stereocenters. The lowest BCUT2D eigenvalue weighted by atomic mass is 9.78. The molecule has 2 aliphatic heterocycles. The Morgan fingerprint density at radius 1 is 1.14 bits per heavy atom. The van der Waals surface area contributed by atoms with E-state index in [1.807, 2.05) is 12.1 Å². The molecular weight excluding hydrogens is 296 g/mol. The van der Waals surface area contributed by atoms with E-state index in [1.54, 1.807) is 0 Å². The van der Waals surface area contributed by atoms with E-state index < -0.39 is 0 Å². The summed E-state index contributed by atoms with van der Waals surface area (Å²) in [6.07, 6.45) is 3.59. The third-order valence-corrected chi connectivity index (χ3v) is 5.21. The lowest BCUT2D eigenvalue weighted by Crippen LogP contribution is -2.39. The van der Waals surface area contributed by atoms with Gasteiger partial charge in [-0.3, -0.25) is 4.79 Å². The second kappa shape index (κ2) is 7.01. The first kappa shape index (κ1) is 17.3. The van der Waals surface area contributed by atoms with Crippen molar-refractivity contribution in [1.29, 1.82) is 0 Å². The zero-order valence-electron chi connectivity index (χ0n) is 13.6. The van der Waals surface area contributed by atoms with Gasteiger partial charge in [-0.1, -0.05) is 26.0 Å². The molecular formula is C18H27ClN2O. The van der Waals surface area contributed by atoms with Gasteiger partial charge in [-0.2, -0.15) is 0 Å². The number of piperidine rings is 1. The predicted molar refractivity (Wildman–Crippen MR) is 92.8 cm³/mol. The van der Waals surface area contributed by atoms with E-state index in [2.05, 4.69) is 36.2 Å². The van der Waals surface area contributed by atoms with Crippen molar-refractivity contribution < 1.29 is 4.79 Å². The molecule has 0 saturated carbocycles. The van der Waals surface area contributed by atoms with Gasteiger partial charge in [-0.15, -0.1) is 12.4 Å². The lowest BCUT2D eigenvalue weighted by Gasteiger charge is -2.33. The molecule has 1 amide bonds. The molecule has 1 spiro atoms. The van der Waals surface area contributed by atoms with Crippen LogP contribution in [0, 0.1) is 5.41 Å². The predicted octanol–water partition coefficient (Wildman–Crippen LogP) is 3.45. The fraction of sp³-hybridized carbons (Fsp3) is 0.611. The Morgan fingerprint density at radius 3 is 2.36 bits per heavy atom. The van der Waals surface area contributed by atoms with Crippen LogP contribution < -0.4 is 5.32 Å². The maximum Gasteiger partial charge on any atom is 0.253 e. The van der Waals surface area contributed by atoms with Crippen LogP contribution in [0.1, 0.15) is 54.9 Å². The first-order valence-corrected chi connectivity index (χ1v) is 8.20. The molecule has 2 fully saturated rings. The number of nitrogens with one attached hydrogen (secondary N) is 1. The molecule has 0 aliphatic carbocycles. The van der Waals surface area contributed by atoms with Crippen molar-refractivity contribution in [2.45, 2.75) is 39.0 Å². The van der Waals surface area contributed by atoms with Gasteiger partial charge >= 0.3 is 0 Å². The van der Waals surface area contributed by atoms with Crippen LogP contribution >= 0.6 is 12.4 Å². The Morgan fingerprint density at radius 2 is 1.77 bits per heavy atom. The van der Waals surface area contributed by atoms with Crippen molar-refractivity contribution in [2.75, 3.05) is 26.2 Å². The average molecular weight is 323 g/mol. The van der Waals surface area contributed by atoms with E-state index in [1.165, 1.54) is 24.8 Å². The second-order valence-corrected chi connectivity index (χ2v) is 7.00. The van der Waals surface area contributed by atoms with Gasteiger partial charge in [0.25, 0.3) is 5.91 Å². The highest BCUT2D eigenvalue weighted by Gasteiger charge is 2.40. The number of carbonyl (C=O) groups is 1. The smallest absolute Gasteiger partial charge is 0.253 e. The Bertz CT molecular complexity index is 506. The van der Waals surface area contributed by atoms with Crippen LogP contribution in [0.15, 0.2) is 24.3 Å². The minimum absolute atomic E-state index is 0. The summed E-state index contributed by atoms with van der Waals surface area (Å²) in [4.78, 5) is 14.7. The summed E-state index contributed by atoms with van der Waals surface area (Å²) in [7, 11) is 0. The van der Waals surface area contributed by atoms with Gasteiger partial charge in [-0.05, 0) is 61.4 Å². The number of hydrogen-bond donors (Lipinski definition) is 1. The molecule has 1 N–H and O–H groups in total.